The molecule has 3 N–H and O–H groups in total. The van der Waals surface area contributed by atoms with Crippen molar-refractivity contribution in [3.63, 3.8) is 0 Å². The maximum atomic E-state index is 13.6. The number of aryl methyl sites for hydroxylation is 1. The first-order valence-corrected chi connectivity index (χ1v) is 9.94. The number of imidazole rings is 1. The predicted octanol–water partition coefficient (Wildman–Crippen LogP) is 3.95. The van der Waals surface area contributed by atoms with Crippen molar-refractivity contribution in [3.05, 3.63) is 81.6 Å². The van der Waals surface area contributed by atoms with Crippen molar-refractivity contribution >= 4 is 39.5 Å². The van der Waals surface area contributed by atoms with Crippen LogP contribution in [0.4, 0.5) is 19.0 Å². The Kier molecular flexibility index (Phi) is 5.97. The van der Waals surface area contributed by atoms with Crippen LogP contribution in [0.1, 0.15) is 12.7 Å². The summed E-state index contributed by atoms with van der Waals surface area (Å²) in [6, 6.07) is 5.52. The molecule has 5 rings (SSSR count). The first-order chi connectivity index (χ1) is 15.8. The van der Waals surface area contributed by atoms with Gasteiger partial charge in [0.05, 0.1) is 27.9 Å². The molecule has 0 bridgehead atoms. The molecule has 12 heteroatoms. The van der Waals surface area contributed by atoms with Crippen molar-refractivity contribution in [3.8, 4) is 5.69 Å². The third-order valence-corrected chi connectivity index (χ3v) is 5.10. The van der Waals surface area contributed by atoms with Crippen LogP contribution in [-0.2, 0) is 6.42 Å². The van der Waals surface area contributed by atoms with E-state index in [1.165, 1.54) is 24.8 Å². The Morgan fingerprint density at radius 1 is 1.06 bits per heavy atom. The number of nitrogens with zero attached hydrogens (tertiary/aromatic N) is 5. The summed E-state index contributed by atoms with van der Waals surface area (Å²) in [7, 11) is 0. The van der Waals surface area contributed by atoms with Crippen LogP contribution in [0.25, 0.3) is 27.8 Å². The van der Waals surface area contributed by atoms with Gasteiger partial charge in [-0.3, -0.25) is 9.36 Å². The van der Waals surface area contributed by atoms with E-state index in [-0.39, 0.29) is 21.6 Å². The van der Waals surface area contributed by atoms with E-state index in [0.29, 0.717) is 29.2 Å². The van der Waals surface area contributed by atoms with Gasteiger partial charge in [0.2, 0.25) is 0 Å². The number of aromatic amines is 1. The average Bonchev–Trinajstić information content (AvgIpc) is 3.29. The molecule has 33 heavy (non-hydrogen) atoms. The van der Waals surface area contributed by atoms with E-state index in [2.05, 4.69) is 24.9 Å². The summed E-state index contributed by atoms with van der Waals surface area (Å²) < 4.78 is 41.4. The minimum absolute atomic E-state index is 0.0977. The summed E-state index contributed by atoms with van der Waals surface area (Å²) in [4.78, 5) is 31.4. The Morgan fingerprint density at radius 3 is 2.52 bits per heavy atom. The van der Waals surface area contributed by atoms with Crippen molar-refractivity contribution < 1.29 is 13.2 Å². The quantitative estimate of drug-likeness (QED) is 0.401. The first kappa shape index (κ1) is 22.2. The highest BCUT2D eigenvalue weighted by Gasteiger charge is 2.17. The Labute approximate surface area is 188 Å². The van der Waals surface area contributed by atoms with Gasteiger partial charge in [0.15, 0.2) is 23.1 Å². The average molecular weight is 474 g/mol. The van der Waals surface area contributed by atoms with Gasteiger partial charge in [-0.25, -0.2) is 33.1 Å². The van der Waals surface area contributed by atoms with Crippen LogP contribution >= 0.6 is 11.6 Å². The van der Waals surface area contributed by atoms with Gasteiger partial charge in [0, 0.05) is 12.5 Å². The molecule has 0 aliphatic rings. The molecule has 5 aromatic rings. The smallest absolute Gasteiger partial charge is 0.267 e. The summed E-state index contributed by atoms with van der Waals surface area (Å²) in [6.45, 7) is 1.76. The van der Waals surface area contributed by atoms with Crippen LogP contribution in [-0.4, -0.2) is 29.5 Å². The van der Waals surface area contributed by atoms with Crippen molar-refractivity contribution in [1.29, 1.82) is 0 Å². The monoisotopic (exact) mass is 473 g/mol. The fraction of sp³-hybridized carbons (Fsp3) is 0.0952. The zero-order valence-electron chi connectivity index (χ0n) is 17.0. The van der Waals surface area contributed by atoms with E-state index in [4.69, 9.17) is 17.3 Å². The van der Waals surface area contributed by atoms with Gasteiger partial charge >= 0.3 is 0 Å². The van der Waals surface area contributed by atoms with Crippen molar-refractivity contribution in [1.82, 2.24) is 29.5 Å². The highest BCUT2D eigenvalue weighted by molar-refractivity contribution is 6.35. The van der Waals surface area contributed by atoms with Gasteiger partial charge in [-0.05, 0) is 24.3 Å². The largest absolute Gasteiger partial charge is 0.382 e. The minimum atomic E-state index is -1.10. The van der Waals surface area contributed by atoms with Crippen LogP contribution in [0.2, 0.25) is 5.02 Å². The maximum absolute atomic E-state index is 13.6. The molecular formula is C21H15ClF3N7O. The van der Waals surface area contributed by atoms with E-state index in [9.17, 15) is 18.0 Å². The Bertz CT molecular complexity index is 1550. The molecule has 0 aliphatic heterocycles. The normalized spacial score (nSPS) is 10.9. The van der Waals surface area contributed by atoms with E-state index in [1.54, 1.807) is 6.92 Å². The summed E-state index contributed by atoms with van der Waals surface area (Å²) >= 11 is 5.88. The lowest BCUT2D eigenvalue weighted by atomic mass is 10.2. The number of nitrogen functional groups attached to an aromatic ring is 1. The van der Waals surface area contributed by atoms with Gasteiger partial charge in [-0.1, -0.05) is 18.5 Å². The fourth-order valence-corrected chi connectivity index (χ4v) is 3.41. The molecule has 0 amide bonds. The lowest BCUT2D eigenvalue weighted by Crippen LogP contribution is -2.24. The highest BCUT2D eigenvalue weighted by atomic mass is 35.5. The van der Waals surface area contributed by atoms with Gasteiger partial charge in [-0.15, -0.1) is 0 Å². The first-order valence-electron chi connectivity index (χ1n) is 9.56. The number of aromatic nitrogens is 6. The second-order valence-corrected chi connectivity index (χ2v) is 7.11. The number of rotatable bonds is 2. The van der Waals surface area contributed by atoms with Gasteiger partial charge < -0.3 is 10.7 Å². The second kappa shape index (κ2) is 8.87. The molecule has 0 unspecified atom stereocenters. The van der Waals surface area contributed by atoms with E-state index in [1.807, 2.05) is 0 Å². The SMILES string of the molecule is CCc1nc2ccc(F)c(Cl)c2c(=O)n1-c1ccc(F)c(F)c1.Nc1ncnc2nc[nH]c12. The summed E-state index contributed by atoms with van der Waals surface area (Å²) in [6.07, 6.45) is 3.29. The van der Waals surface area contributed by atoms with Crippen molar-refractivity contribution in [2.45, 2.75) is 13.3 Å². The number of nitrogens with one attached hydrogen (secondary N) is 1. The molecule has 0 radical (unpaired) electrons. The standard InChI is InChI=1S/C16H10ClF3N2O.C5H5N5/c1-2-13-21-12-6-5-10(19)15(17)14(12)16(23)22(13)8-3-4-9(18)11(20)7-8;6-4-3-5(9-1-7-3)10-2-8-4/h3-7H,2H2,1H3;1-2H,(H3,6,7,8,9,10). The van der Waals surface area contributed by atoms with Crippen LogP contribution in [0.3, 0.4) is 0 Å². The molecule has 3 heterocycles. The van der Waals surface area contributed by atoms with Crippen molar-refractivity contribution in [2.75, 3.05) is 5.73 Å². The molecule has 8 nitrogen and oxygen atoms in total. The Balaban J connectivity index is 0.000000214. The van der Waals surface area contributed by atoms with E-state index in [0.717, 1.165) is 22.8 Å². The highest BCUT2D eigenvalue weighted by Crippen LogP contribution is 2.24. The summed E-state index contributed by atoms with van der Waals surface area (Å²) in [5, 5.41) is -0.451. The topological polar surface area (TPSA) is 115 Å². The third kappa shape index (κ3) is 4.10. The lowest BCUT2D eigenvalue weighted by Gasteiger charge is -2.13. The van der Waals surface area contributed by atoms with Crippen LogP contribution in [0.5, 0.6) is 0 Å². The van der Waals surface area contributed by atoms with Crippen LogP contribution in [0, 0.1) is 17.5 Å². The zero-order valence-corrected chi connectivity index (χ0v) is 17.7. The third-order valence-electron chi connectivity index (χ3n) is 4.73. The molecule has 168 valence electrons. The molecule has 0 saturated carbocycles. The molecule has 3 aromatic heterocycles. The van der Waals surface area contributed by atoms with E-state index < -0.39 is 23.0 Å². The fourth-order valence-electron chi connectivity index (χ4n) is 3.17. The molecule has 0 fully saturated rings. The van der Waals surface area contributed by atoms with E-state index >= 15 is 0 Å². The number of halogens is 4. The number of nitrogens with two attached hydrogens (primary N) is 1. The number of H-pyrrole nitrogens is 1. The van der Waals surface area contributed by atoms with Crippen LogP contribution in [0.15, 0.2) is 47.8 Å². The zero-order chi connectivity index (χ0) is 23.7. The summed E-state index contributed by atoms with van der Waals surface area (Å²) in [5.74, 6) is -2.11. The molecule has 0 saturated heterocycles. The number of hydrogen-bond acceptors (Lipinski definition) is 6. The van der Waals surface area contributed by atoms with Crippen LogP contribution < -0.4 is 11.3 Å². The van der Waals surface area contributed by atoms with Gasteiger partial charge in [0.25, 0.3) is 5.56 Å². The van der Waals surface area contributed by atoms with Crippen molar-refractivity contribution in [2.24, 2.45) is 0 Å². The Morgan fingerprint density at radius 2 is 1.82 bits per heavy atom. The lowest BCUT2D eigenvalue weighted by molar-refractivity contribution is 0.507. The van der Waals surface area contributed by atoms with Gasteiger partial charge in [-0.2, -0.15) is 0 Å². The molecule has 0 spiro atoms. The molecular weight excluding hydrogens is 459 g/mol. The number of hydrogen-bond donors (Lipinski definition) is 2. The minimum Gasteiger partial charge on any atom is -0.382 e. The van der Waals surface area contributed by atoms with Gasteiger partial charge in [0.1, 0.15) is 23.5 Å². The molecule has 2 aromatic carbocycles. The maximum Gasteiger partial charge on any atom is 0.267 e. The number of fused-ring (bicyclic) bond motifs is 2. The predicted molar refractivity (Wildman–Crippen MR) is 118 cm³/mol. The Hall–Kier alpha value is -3.99. The second-order valence-electron chi connectivity index (χ2n) is 6.74. The summed E-state index contributed by atoms with van der Waals surface area (Å²) in [5.41, 5.74) is 6.49. The number of anilines is 1. The molecule has 0 atom stereocenters. The number of benzene rings is 2. The molecule has 0 aliphatic carbocycles.